The lowest BCUT2D eigenvalue weighted by molar-refractivity contribution is 0.553. The molecular weight excluding hydrogens is 326 g/mol. The van der Waals surface area contributed by atoms with E-state index in [1.807, 2.05) is 18.2 Å². The van der Waals surface area contributed by atoms with Gasteiger partial charge in [-0.15, -0.1) is 0 Å². The van der Waals surface area contributed by atoms with Gasteiger partial charge in [0.15, 0.2) is 9.84 Å². The van der Waals surface area contributed by atoms with Crippen LogP contribution in [0, 0.1) is 0 Å². The Labute approximate surface area is 115 Å². The molecule has 1 fully saturated rings. The van der Waals surface area contributed by atoms with Crippen molar-refractivity contribution >= 4 is 37.4 Å². The van der Waals surface area contributed by atoms with Gasteiger partial charge in [-0.1, -0.05) is 27.5 Å². The predicted octanol–water partition coefficient (Wildman–Crippen LogP) is 2.38. The molecule has 94 valence electrons. The Balaban J connectivity index is 1.97. The van der Waals surface area contributed by atoms with Crippen LogP contribution in [0.1, 0.15) is 12.0 Å². The van der Waals surface area contributed by atoms with Gasteiger partial charge in [0.1, 0.15) is 0 Å². The number of nitrogens with one attached hydrogen (secondary N) is 1. The van der Waals surface area contributed by atoms with Crippen LogP contribution in [0.4, 0.5) is 0 Å². The molecule has 0 amide bonds. The van der Waals surface area contributed by atoms with Crippen molar-refractivity contribution in [1.82, 2.24) is 5.32 Å². The predicted molar refractivity (Wildman–Crippen MR) is 73.1 cm³/mol. The Morgan fingerprint density at radius 1 is 1.47 bits per heavy atom. The number of halogens is 2. The van der Waals surface area contributed by atoms with Crippen LogP contribution >= 0.6 is 27.5 Å². The molecule has 1 atom stereocenters. The highest BCUT2D eigenvalue weighted by Gasteiger charge is 2.27. The minimum Gasteiger partial charge on any atom is -0.309 e. The second kappa shape index (κ2) is 5.26. The molecule has 17 heavy (non-hydrogen) atoms. The summed E-state index contributed by atoms with van der Waals surface area (Å²) in [7, 11) is -2.82. The van der Waals surface area contributed by atoms with Crippen molar-refractivity contribution in [2.45, 2.75) is 19.0 Å². The first-order valence-electron chi connectivity index (χ1n) is 5.34. The van der Waals surface area contributed by atoms with Crippen LogP contribution in [-0.2, 0) is 16.4 Å². The summed E-state index contributed by atoms with van der Waals surface area (Å²) in [5.41, 5.74) is 1.04. The number of hydrogen-bond acceptors (Lipinski definition) is 3. The molecule has 1 N–H and O–H groups in total. The number of rotatable bonds is 3. The molecule has 1 heterocycles. The largest absolute Gasteiger partial charge is 0.309 e. The molecule has 1 unspecified atom stereocenters. The van der Waals surface area contributed by atoms with Gasteiger partial charge < -0.3 is 5.32 Å². The van der Waals surface area contributed by atoms with Crippen molar-refractivity contribution in [2.75, 3.05) is 11.5 Å². The third kappa shape index (κ3) is 3.68. The molecule has 0 aliphatic carbocycles. The van der Waals surface area contributed by atoms with Gasteiger partial charge in [0.05, 0.1) is 11.5 Å². The van der Waals surface area contributed by atoms with Gasteiger partial charge in [0.25, 0.3) is 0 Å². The van der Waals surface area contributed by atoms with E-state index in [0.717, 1.165) is 10.0 Å². The van der Waals surface area contributed by atoms with E-state index in [0.29, 0.717) is 23.7 Å². The maximum Gasteiger partial charge on any atom is 0.151 e. The van der Waals surface area contributed by atoms with E-state index in [4.69, 9.17) is 11.6 Å². The fraction of sp³-hybridized carbons (Fsp3) is 0.455. The maximum atomic E-state index is 11.3. The zero-order valence-electron chi connectivity index (χ0n) is 9.12. The quantitative estimate of drug-likeness (QED) is 0.920. The first-order valence-corrected chi connectivity index (χ1v) is 8.33. The summed E-state index contributed by atoms with van der Waals surface area (Å²) in [5, 5.41) is 3.94. The van der Waals surface area contributed by atoms with Crippen molar-refractivity contribution < 1.29 is 8.42 Å². The fourth-order valence-electron chi connectivity index (χ4n) is 1.89. The SMILES string of the molecule is O=S1(=O)CCC(NCc2cc(Cl)ccc2Br)C1. The molecule has 1 aliphatic rings. The summed E-state index contributed by atoms with van der Waals surface area (Å²) in [6.45, 7) is 0.626. The van der Waals surface area contributed by atoms with Crippen molar-refractivity contribution in [3.05, 3.63) is 33.3 Å². The first kappa shape index (κ1) is 13.3. The molecular formula is C11H13BrClNO2S. The van der Waals surface area contributed by atoms with Gasteiger partial charge in [-0.3, -0.25) is 0 Å². The van der Waals surface area contributed by atoms with Crippen molar-refractivity contribution in [2.24, 2.45) is 0 Å². The third-order valence-corrected chi connectivity index (χ3v) is 5.60. The molecule has 0 saturated carbocycles. The molecule has 1 aromatic carbocycles. The third-order valence-electron chi connectivity index (χ3n) is 2.82. The monoisotopic (exact) mass is 337 g/mol. The van der Waals surface area contributed by atoms with E-state index in [9.17, 15) is 8.42 Å². The zero-order chi connectivity index (χ0) is 12.5. The second-order valence-corrected chi connectivity index (χ2v) is 7.74. The molecule has 1 aromatic rings. The van der Waals surface area contributed by atoms with Crippen molar-refractivity contribution in [1.29, 1.82) is 0 Å². The summed E-state index contributed by atoms with van der Waals surface area (Å²) >= 11 is 9.36. The van der Waals surface area contributed by atoms with Gasteiger partial charge in [0.2, 0.25) is 0 Å². The Kier molecular flexibility index (Phi) is 4.13. The normalized spacial score (nSPS) is 22.8. The molecule has 3 nitrogen and oxygen atoms in total. The van der Waals surface area contributed by atoms with E-state index in [-0.39, 0.29) is 11.8 Å². The number of benzene rings is 1. The van der Waals surface area contributed by atoms with Gasteiger partial charge in [-0.2, -0.15) is 0 Å². The number of sulfone groups is 1. The second-order valence-electron chi connectivity index (χ2n) is 4.22. The van der Waals surface area contributed by atoms with Crippen molar-refractivity contribution in [3.8, 4) is 0 Å². The van der Waals surface area contributed by atoms with Gasteiger partial charge >= 0.3 is 0 Å². The highest BCUT2D eigenvalue weighted by Crippen LogP contribution is 2.21. The minimum absolute atomic E-state index is 0.0610. The fourth-order valence-corrected chi connectivity index (χ4v) is 4.18. The summed E-state index contributed by atoms with van der Waals surface area (Å²) in [4.78, 5) is 0. The Morgan fingerprint density at radius 3 is 2.88 bits per heavy atom. The van der Waals surface area contributed by atoms with Gasteiger partial charge in [-0.25, -0.2) is 8.42 Å². The van der Waals surface area contributed by atoms with Crippen LogP contribution in [0.25, 0.3) is 0 Å². The topological polar surface area (TPSA) is 46.2 Å². The van der Waals surface area contributed by atoms with E-state index in [2.05, 4.69) is 21.2 Å². The molecule has 0 radical (unpaired) electrons. The van der Waals surface area contributed by atoms with Gasteiger partial charge in [-0.05, 0) is 30.2 Å². The van der Waals surface area contributed by atoms with Crippen LogP contribution in [0.3, 0.4) is 0 Å². The summed E-state index contributed by atoms with van der Waals surface area (Å²) < 4.78 is 23.6. The molecule has 1 aliphatic heterocycles. The lowest BCUT2D eigenvalue weighted by atomic mass is 10.2. The van der Waals surface area contributed by atoms with Crippen LogP contribution in [0.5, 0.6) is 0 Å². The van der Waals surface area contributed by atoms with E-state index >= 15 is 0 Å². The molecule has 0 bridgehead atoms. The van der Waals surface area contributed by atoms with E-state index in [1.165, 1.54) is 0 Å². The van der Waals surface area contributed by atoms with E-state index < -0.39 is 9.84 Å². The standard InChI is InChI=1S/C11H13BrClNO2S/c12-11-2-1-9(13)5-8(11)6-14-10-3-4-17(15,16)7-10/h1-2,5,10,14H,3-4,6-7H2. The average molecular weight is 339 g/mol. The smallest absolute Gasteiger partial charge is 0.151 e. The van der Waals surface area contributed by atoms with Crippen LogP contribution in [0.2, 0.25) is 5.02 Å². The summed E-state index contributed by atoms with van der Waals surface area (Å²) in [6.07, 6.45) is 0.695. The van der Waals surface area contributed by atoms with Crippen LogP contribution in [0.15, 0.2) is 22.7 Å². The molecule has 1 saturated heterocycles. The van der Waals surface area contributed by atoms with Crippen LogP contribution in [-0.4, -0.2) is 26.0 Å². The molecule has 0 aromatic heterocycles. The minimum atomic E-state index is -2.82. The molecule has 2 rings (SSSR count). The van der Waals surface area contributed by atoms with Gasteiger partial charge in [0, 0.05) is 22.1 Å². The lowest BCUT2D eigenvalue weighted by Gasteiger charge is -2.12. The van der Waals surface area contributed by atoms with Crippen LogP contribution < -0.4 is 5.32 Å². The number of hydrogen-bond donors (Lipinski definition) is 1. The zero-order valence-corrected chi connectivity index (χ0v) is 12.3. The van der Waals surface area contributed by atoms with E-state index in [1.54, 1.807) is 0 Å². The Bertz CT molecular complexity index is 518. The Morgan fingerprint density at radius 2 is 2.24 bits per heavy atom. The average Bonchev–Trinajstić information content (AvgIpc) is 2.60. The van der Waals surface area contributed by atoms with Crippen molar-refractivity contribution in [3.63, 3.8) is 0 Å². The highest BCUT2D eigenvalue weighted by atomic mass is 79.9. The molecule has 6 heteroatoms. The summed E-state index contributed by atoms with van der Waals surface area (Å²) in [5.74, 6) is 0.534. The Hall–Kier alpha value is -0.100. The maximum absolute atomic E-state index is 11.3. The summed E-state index contributed by atoms with van der Waals surface area (Å²) in [6, 6.07) is 5.65. The first-order chi connectivity index (χ1) is 7.96. The lowest BCUT2D eigenvalue weighted by Crippen LogP contribution is -2.29. The highest BCUT2D eigenvalue weighted by molar-refractivity contribution is 9.10. The molecule has 0 spiro atoms.